The number of Topliss-reactive ketones (excluding diaryl/α,β-unsaturated/α-hetero) is 1. The number of para-hydroxylation sites is 1. The monoisotopic (exact) mass is 387 g/mol. The van der Waals surface area contributed by atoms with Crippen LogP contribution in [0.2, 0.25) is 5.02 Å². The van der Waals surface area contributed by atoms with Gasteiger partial charge in [-0.25, -0.2) is 4.79 Å². The highest BCUT2D eigenvalue weighted by Gasteiger charge is 2.23. The van der Waals surface area contributed by atoms with Crippen molar-refractivity contribution in [3.63, 3.8) is 0 Å². The van der Waals surface area contributed by atoms with Gasteiger partial charge < -0.3 is 15.6 Å². The molecule has 0 aromatic heterocycles. The first-order valence-electron chi connectivity index (χ1n) is 9.04. The zero-order valence-electron chi connectivity index (χ0n) is 14.9. The average molecular weight is 388 g/mol. The molecular formula is C21H22ClNO4. The summed E-state index contributed by atoms with van der Waals surface area (Å²) in [6, 6.07) is 10.3. The van der Waals surface area contributed by atoms with Crippen LogP contribution in [0.5, 0.6) is 5.75 Å². The maximum atomic E-state index is 12.7. The smallest absolute Gasteiger partial charge is 0.336 e. The summed E-state index contributed by atoms with van der Waals surface area (Å²) in [6.45, 7) is -0.282. The summed E-state index contributed by atoms with van der Waals surface area (Å²) in [4.78, 5) is 24.1. The number of halogens is 1. The number of carboxylic acid groups (broad SMARTS) is 1. The van der Waals surface area contributed by atoms with Crippen LogP contribution in [0.1, 0.15) is 64.3 Å². The molecule has 0 unspecified atom stereocenters. The molecule has 3 rings (SSSR count). The number of carbonyl (C=O) groups is 2. The minimum atomic E-state index is -1.25. The third kappa shape index (κ3) is 4.42. The third-order valence-corrected chi connectivity index (χ3v) is 5.18. The van der Waals surface area contributed by atoms with Crippen LogP contribution < -0.4 is 10.5 Å². The molecule has 0 heterocycles. The van der Waals surface area contributed by atoms with Crippen LogP contribution >= 0.6 is 11.6 Å². The average Bonchev–Trinajstić information content (AvgIpc) is 2.66. The van der Waals surface area contributed by atoms with Gasteiger partial charge in [-0.3, -0.25) is 4.79 Å². The SMILES string of the molecule is Nc1cc(Cl)cc(C(=O)O)c1C(=O)COc1ccccc1C1CCCCC1. The van der Waals surface area contributed by atoms with Gasteiger partial charge in [0.05, 0.1) is 11.1 Å². The number of hydrogen-bond acceptors (Lipinski definition) is 4. The summed E-state index contributed by atoms with van der Waals surface area (Å²) >= 11 is 5.86. The fourth-order valence-corrected chi connectivity index (χ4v) is 3.91. The molecule has 0 saturated heterocycles. The summed E-state index contributed by atoms with van der Waals surface area (Å²) in [5.74, 6) is -0.641. The molecule has 1 saturated carbocycles. The number of ether oxygens (including phenoxy) is 1. The highest BCUT2D eigenvalue weighted by Crippen LogP contribution is 2.37. The number of aromatic carboxylic acids is 1. The Morgan fingerprint density at radius 3 is 2.56 bits per heavy atom. The van der Waals surface area contributed by atoms with Gasteiger partial charge in [0, 0.05) is 10.7 Å². The van der Waals surface area contributed by atoms with E-state index in [1.807, 2.05) is 24.3 Å². The first-order valence-corrected chi connectivity index (χ1v) is 9.42. The lowest BCUT2D eigenvalue weighted by Crippen LogP contribution is -2.18. The van der Waals surface area contributed by atoms with Crippen LogP contribution in [-0.4, -0.2) is 23.5 Å². The first kappa shape index (κ1) is 19.2. The second-order valence-corrected chi connectivity index (χ2v) is 7.24. The number of carboxylic acids is 1. The molecule has 0 radical (unpaired) electrons. The molecule has 5 nitrogen and oxygen atoms in total. The van der Waals surface area contributed by atoms with E-state index in [4.69, 9.17) is 22.1 Å². The first-order chi connectivity index (χ1) is 13.0. The quantitative estimate of drug-likeness (QED) is 0.541. The van der Waals surface area contributed by atoms with E-state index in [2.05, 4.69) is 0 Å². The molecule has 3 N–H and O–H groups in total. The topological polar surface area (TPSA) is 89.6 Å². The Kier molecular flexibility index (Phi) is 6.01. The van der Waals surface area contributed by atoms with E-state index in [9.17, 15) is 14.7 Å². The van der Waals surface area contributed by atoms with E-state index in [-0.39, 0.29) is 28.4 Å². The fraction of sp³-hybridized carbons (Fsp3) is 0.333. The van der Waals surface area contributed by atoms with Crippen molar-refractivity contribution in [2.24, 2.45) is 0 Å². The lowest BCUT2D eigenvalue weighted by atomic mass is 9.84. The van der Waals surface area contributed by atoms with Gasteiger partial charge in [0.25, 0.3) is 0 Å². The lowest BCUT2D eigenvalue weighted by Gasteiger charge is -2.24. The number of rotatable bonds is 6. The van der Waals surface area contributed by atoms with Crippen molar-refractivity contribution in [2.75, 3.05) is 12.3 Å². The number of carbonyl (C=O) groups excluding carboxylic acids is 1. The fourth-order valence-electron chi connectivity index (χ4n) is 3.69. The Hall–Kier alpha value is -2.53. The van der Waals surface area contributed by atoms with Gasteiger partial charge in [0.1, 0.15) is 5.75 Å². The predicted molar refractivity (Wildman–Crippen MR) is 105 cm³/mol. The standard InChI is InChI=1S/C21H22ClNO4/c22-14-10-16(21(25)26)20(17(23)11-14)18(24)12-27-19-9-5-4-8-15(19)13-6-2-1-3-7-13/h4-5,8-11,13H,1-3,6-7,12,23H2,(H,25,26). The molecule has 0 amide bonds. The maximum Gasteiger partial charge on any atom is 0.336 e. The van der Waals surface area contributed by atoms with E-state index in [1.165, 1.54) is 31.4 Å². The van der Waals surface area contributed by atoms with Crippen LogP contribution in [-0.2, 0) is 0 Å². The Labute approximate surface area is 163 Å². The van der Waals surface area contributed by atoms with Crippen molar-refractivity contribution in [1.29, 1.82) is 0 Å². The largest absolute Gasteiger partial charge is 0.485 e. The van der Waals surface area contributed by atoms with Gasteiger partial charge in [0.2, 0.25) is 5.78 Å². The molecule has 0 aliphatic heterocycles. The molecule has 1 aliphatic rings. The molecule has 2 aromatic rings. The van der Waals surface area contributed by atoms with E-state index in [0.717, 1.165) is 18.4 Å². The normalized spacial score (nSPS) is 14.7. The summed E-state index contributed by atoms with van der Waals surface area (Å²) in [7, 11) is 0. The molecule has 0 spiro atoms. The van der Waals surface area contributed by atoms with Crippen LogP contribution in [0.15, 0.2) is 36.4 Å². The number of hydrogen-bond donors (Lipinski definition) is 2. The Balaban J connectivity index is 1.80. The van der Waals surface area contributed by atoms with Gasteiger partial charge in [-0.15, -0.1) is 0 Å². The predicted octanol–water partition coefficient (Wildman–Crippen LogP) is 4.93. The van der Waals surface area contributed by atoms with E-state index in [0.29, 0.717) is 11.7 Å². The number of anilines is 1. The van der Waals surface area contributed by atoms with Crippen molar-refractivity contribution < 1.29 is 19.4 Å². The Morgan fingerprint density at radius 1 is 1.15 bits per heavy atom. The minimum Gasteiger partial charge on any atom is -0.485 e. The number of ketones is 1. The summed E-state index contributed by atoms with van der Waals surface area (Å²) < 4.78 is 5.80. The summed E-state index contributed by atoms with van der Waals surface area (Å²) in [5.41, 5.74) is 6.71. The minimum absolute atomic E-state index is 0.0362. The highest BCUT2D eigenvalue weighted by molar-refractivity contribution is 6.31. The number of nitrogens with two attached hydrogens (primary N) is 1. The maximum absolute atomic E-state index is 12.7. The molecule has 2 aromatic carbocycles. The summed E-state index contributed by atoms with van der Waals surface area (Å²) in [6.07, 6.45) is 5.87. The van der Waals surface area contributed by atoms with Gasteiger partial charge >= 0.3 is 5.97 Å². The van der Waals surface area contributed by atoms with Crippen molar-refractivity contribution in [1.82, 2.24) is 0 Å². The molecule has 0 bridgehead atoms. The lowest BCUT2D eigenvalue weighted by molar-refractivity contribution is 0.0690. The highest BCUT2D eigenvalue weighted by atomic mass is 35.5. The van der Waals surface area contributed by atoms with Crippen molar-refractivity contribution >= 4 is 29.0 Å². The van der Waals surface area contributed by atoms with E-state index in [1.54, 1.807) is 0 Å². The van der Waals surface area contributed by atoms with Crippen LogP contribution in [0.4, 0.5) is 5.69 Å². The second kappa shape index (κ2) is 8.44. The molecule has 1 fully saturated rings. The Morgan fingerprint density at radius 2 is 1.85 bits per heavy atom. The van der Waals surface area contributed by atoms with Crippen molar-refractivity contribution in [2.45, 2.75) is 38.0 Å². The molecular weight excluding hydrogens is 366 g/mol. The van der Waals surface area contributed by atoms with Crippen LogP contribution in [0.25, 0.3) is 0 Å². The van der Waals surface area contributed by atoms with E-state index < -0.39 is 11.8 Å². The Bertz CT molecular complexity index is 859. The zero-order valence-corrected chi connectivity index (χ0v) is 15.7. The molecule has 1 aliphatic carbocycles. The van der Waals surface area contributed by atoms with Gasteiger partial charge in [-0.2, -0.15) is 0 Å². The number of benzene rings is 2. The van der Waals surface area contributed by atoms with Crippen molar-refractivity contribution in [3.8, 4) is 5.75 Å². The van der Waals surface area contributed by atoms with Gasteiger partial charge in [-0.1, -0.05) is 49.1 Å². The number of nitrogen functional groups attached to an aromatic ring is 1. The van der Waals surface area contributed by atoms with Crippen LogP contribution in [0.3, 0.4) is 0 Å². The van der Waals surface area contributed by atoms with Gasteiger partial charge in [0.15, 0.2) is 6.61 Å². The molecule has 142 valence electrons. The third-order valence-electron chi connectivity index (χ3n) is 4.97. The summed E-state index contributed by atoms with van der Waals surface area (Å²) in [5, 5.41) is 9.53. The molecule has 27 heavy (non-hydrogen) atoms. The zero-order chi connectivity index (χ0) is 19.4. The van der Waals surface area contributed by atoms with E-state index >= 15 is 0 Å². The van der Waals surface area contributed by atoms with Crippen molar-refractivity contribution in [3.05, 3.63) is 58.1 Å². The molecule has 0 atom stereocenters. The van der Waals surface area contributed by atoms with Crippen LogP contribution in [0, 0.1) is 0 Å². The molecule has 6 heteroatoms. The second-order valence-electron chi connectivity index (χ2n) is 6.81. The van der Waals surface area contributed by atoms with Gasteiger partial charge in [-0.05, 0) is 42.5 Å².